The fraction of sp³-hybridized carbons (Fsp3) is 0.960. The molecule has 0 radical (unpaired) electrons. The zero-order chi connectivity index (χ0) is 19.5. The molecule has 156 valence electrons. The maximum Gasteiger partial charge on any atom is 0.136 e. The smallest absolute Gasteiger partial charge is 0.136 e. The number of hydrogen-bond donors (Lipinski definition) is 1. The molecule has 5 aliphatic carbocycles. The van der Waals surface area contributed by atoms with Crippen molar-refractivity contribution in [3.8, 4) is 0 Å². The molecule has 0 bridgehead atoms. The number of ketones is 1. The first kappa shape index (κ1) is 18.4. The van der Waals surface area contributed by atoms with Crippen LogP contribution < -0.4 is 0 Å². The van der Waals surface area contributed by atoms with Gasteiger partial charge < -0.3 is 9.84 Å². The lowest BCUT2D eigenvalue weighted by Crippen LogP contribution is -2.60. The highest BCUT2D eigenvalue weighted by Crippen LogP contribution is 2.77. The van der Waals surface area contributed by atoms with E-state index in [1.54, 1.807) is 0 Å². The van der Waals surface area contributed by atoms with E-state index in [0.717, 1.165) is 37.5 Å². The van der Waals surface area contributed by atoms with Crippen molar-refractivity contribution < 1.29 is 14.6 Å². The highest BCUT2D eigenvalue weighted by molar-refractivity contribution is 5.84. The maximum absolute atomic E-state index is 13.2. The number of carbonyl (C=O) groups is 1. The molecule has 1 spiro atoms. The van der Waals surface area contributed by atoms with Crippen LogP contribution in [0.25, 0.3) is 0 Å². The molecule has 0 aromatic carbocycles. The van der Waals surface area contributed by atoms with Crippen molar-refractivity contribution in [3.63, 3.8) is 0 Å². The second-order valence-corrected chi connectivity index (χ2v) is 12.1. The van der Waals surface area contributed by atoms with Crippen LogP contribution in [0.4, 0.5) is 0 Å². The number of rotatable bonds is 1. The first-order valence-corrected chi connectivity index (χ1v) is 12.2. The Balaban J connectivity index is 1.40. The zero-order valence-electron chi connectivity index (χ0n) is 18.0. The van der Waals surface area contributed by atoms with Crippen LogP contribution in [-0.2, 0) is 9.53 Å². The van der Waals surface area contributed by atoms with Gasteiger partial charge in [-0.25, -0.2) is 0 Å². The highest BCUT2D eigenvalue weighted by Gasteiger charge is 2.77. The Hall–Kier alpha value is -0.410. The van der Waals surface area contributed by atoms with Crippen LogP contribution in [0, 0.1) is 39.9 Å². The second kappa shape index (κ2) is 5.44. The lowest BCUT2D eigenvalue weighted by molar-refractivity contribution is -0.154. The van der Waals surface area contributed by atoms with Crippen LogP contribution in [0.2, 0.25) is 0 Å². The molecule has 1 aliphatic heterocycles. The van der Waals surface area contributed by atoms with Crippen molar-refractivity contribution in [3.05, 3.63) is 0 Å². The lowest BCUT2D eigenvalue weighted by atomic mass is 9.42. The minimum Gasteiger partial charge on any atom is -0.393 e. The molecule has 0 aromatic rings. The number of carbonyl (C=O) groups excluding carboxylic acids is 1. The number of epoxide rings is 1. The number of hydrogen-bond acceptors (Lipinski definition) is 3. The molecule has 0 unspecified atom stereocenters. The van der Waals surface area contributed by atoms with Gasteiger partial charge in [0, 0.05) is 17.3 Å². The number of Topliss-reactive ketones (excluding diaryl/α,β-unsaturated/α-hetero) is 1. The fourth-order valence-electron chi connectivity index (χ4n) is 10.5. The van der Waals surface area contributed by atoms with Gasteiger partial charge in [0.25, 0.3) is 0 Å². The third-order valence-corrected chi connectivity index (χ3v) is 11.7. The summed E-state index contributed by atoms with van der Waals surface area (Å²) in [6.07, 6.45) is 13.1. The predicted molar refractivity (Wildman–Crippen MR) is 108 cm³/mol. The summed E-state index contributed by atoms with van der Waals surface area (Å²) in [7, 11) is 0. The van der Waals surface area contributed by atoms with Gasteiger partial charge >= 0.3 is 0 Å². The summed E-state index contributed by atoms with van der Waals surface area (Å²) in [4.78, 5) is 13.2. The van der Waals surface area contributed by atoms with E-state index < -0.39 is 0 Å². The molecule has 0 aromatic heterocycles. The van der Waals surface area contributed by atoms with E-state index in [1.807, 2.05) is 6.92 Å². The summed E-state index contributed by atoms with van der Waals surface area (Å²) in [6.45, 7) is 6.93. The van der Waals surface area contributed by atoms with Crippen molar-refractivity contribution in [2.75, 3.05) is 0 Å². The van der Waals surface area contributed by atoms with Crippen LogP contribution >= 0.6 is 0 Å². The molecule has 1 heterocycles. The van der Waals surface area contributed by atoms with Crippen molar-refractivity contribution in [2.45, 2.75) is 109 Å². The van der Waals surface area contributed by atoms with Crippen LogP contribution in [0.1, 0.15) is 91.4 Å². The fourth-order valence-corrected chi connectivity index (χ4v) is 10.5. The van der Waals surface area contributed by atoms with Crippen LogP contribution in [-0.4, -0.2) is 28.7 Å². The Morgan fingerprint density at radius 2 is 1.75 bits per heavy atom. The van der Waals surface area contributed by atoms with E-state index in [9.17, 15) is 9.90 Å². The van der Waals surface area contributed by atoms with Crippen molar-refractivity contribution >= 4 is 5.78 Å². The average molecular weight is 387 g/mol. The Labute approximate surface area is 170 Å². The second-order valence-electron chi connectivity index (χ2n) is 12.1. The minimum atomic E-state index is -0.168. The van der Waals surface area contributed by atoms with Gasteiger partial charge in [-0.1, -0.05) is 26.7 Å². The maximum atomic E-state index is 13.2. The third kappa shape index (κ3) is 1.84. The van der Waals surface area contributed by atoms with Crippen LogP contribution in [0.5, 0.6) is 0 Å². The molecule has 3 heteroatoms. The molecule has 1 N–H and O–H groups in total. The van der Waals surface area contributed by atoms with Gasteiger partial charge in [0.15, 0.2) is 0 Å². The molecular weight excluding hydrogens is 348 g/mol. The standard InChI is InChI=1S/C25H38O3/c1-15(26)24-9-5-4-6-16(24)12-20-18-13-21-25(28-21)14-17(27)7-10-23(25,3)19(18)8-11-22(20,24)2/h16-21,27H,4-14H2,1-3H3/t16-,17+,18-,19+,20-,21-,22+,23-,24-,25-/m1/s1. The molecule has 28 heavy (non-hydrogen) atoms. The molecule has 3 nitrogen and oxygen atoms in total. The quantitative estimate of drug-likeness (QED) is 0.652. The first-order chi connectivity index (χ1) is 13.3. The minimum absolute atomic E-state index is 0.0246. The Bertz CT molecular complexity index is 719. The zero-order valence-corrected chi connectivity index (χ0v) is 18.0. The topological polar surface area (TPSA) is 49.8 Å². The molecule has 10 atom stereocenters. The number of fused-ring (bicyclic) bond motifs is 6. The van der Waals surface area contributed by atoms with E-state index >= 15 is 0 Å². The SMILES string of the molecule is CC(=O)[C@]12CCCC[C@@H]1C[C@@H]1[C@@H]3C[C@H]4O[C@]45C[C@@H](O)CC[C@]5(C)[C@H]3CC[C@@]12C. The van der Waals surface area contributed by atoms with Crippen molar-refractivity contribution in [1.29, 1.82) is 0 Å². The molecular formula is C25H38O3. The van der Waals surface area contributed by atoms with Crippen LogP contribution in [0.15, 0.2) is 0 Å². The molecule has 5 saturated carbocycles. The summed E-state index contributed by atoms with van der Waals surface area (Å²) in [6, 6.07) is 0. The largest absolute Gasteiger partial charge is 0.393 e. The van der Waals surface area contributed by atoms with E-state index in [-0.39, 0.29) is 27.9 Å². The lowest BCUT2D eigenvalue weighted by Gasteiger charge is -2.61. The summed E-state index contributed by atoms with van der Waals surface area (Å²) in [5.41, 5.74) is 0.371. The van der Waals surface area contributed by atoms with Crippen molar-refractivity contribution in [1.82, 2.24) is 0 Å². The van der Waals surface area contributed by atoms with E-state index in [1.165, 1.54) is 44.9 Å². The van der Waals surface area contributed by atoms with E-state index in [0.29, 0.717) is 23.7 Å². The summed E-state index contributed by atoms with van der Waals surface area (Å²) in [5, 5.41) is 10.4. The van der Waals surface area contributed by atoms with Gasteiger partial charge in [0.05, 0.1) is 12.2 Å². The van der Waals surface area contributed by atoms with Gasteiger partial charge in [-0.2, -0.15) is 0 Å². The molecule has 0 amide bonds. The summed E-state index contributed by atoms with van der Waals surface area (Å²) < 4.78 is 6.48. The molecule has 1 saturated heterocycles. The number of aliphatic hydroxyl groups is 1. The Kier molecular flexibility index (Phi) is 3.57. The predicted octanol–water partition coefficient (Wildman–Crippen LogP) is 4.90. The van der Waals surface area contributed by atoms with Gasteiger partial charge in [-0.3, -0.25) is 4.79 Å². The Morgan fingerprint density at radius 1 is 0.964 bits per heavy atom. The van der Waals surface area contributed by atoms with E-state index in [2.05, 4.69) is 13.8 Å². The summed E-state index contributed by atoms with van der Waals surface area (Å²) in [5.74, 6) is 3.27. The molecule has 6 rings (SSSR count). The summed E-state index contributed by atoms with van der Waals surface area (Å²) >= 11 is 0. The average Bonchev–Trinajstić information content (AvgIpc) is 3.27. The monoisotopic (exact) mass is 386 g/mol. The van der Waals surface area contributed by atoms with Gasteiger partial charge in [0.1, 0.15) is 11.4 Å². The highest BCUT2D eigenvalue weighted by atomic mass is 16.6. The van der Waals surface area contributed by atoms with Crippen molar-refractivity contribution in [2.24, 2.45) is 39.9 Å². The van der Waals surface area contributed by atoms with E-state index in [4.69, 9.17) is 4.74 Å². The first-order valence-electron chi connectivity index (χ1n) is 12.2. The Morgan fingerprint density at radius 3 is 2.54 bits per heavy atom. The van der Waals surface area contributed by atoms with Crippen LogP contribution in [0.3, 0.4) is 0 Å². The molecule has 6 aliphatic rings. The van der Waals surface area contributed by atoms with Gasteiger partial charge in [-0.15, -0.1) is 0 Å². The number of aliphatic hydroxyl groups excluding tert-OH is 1. The normalized spacial score (nSPS) is 62.0. The molecule has 6 fully saturated rings. The number of ether oxygens (including phenoxy) is 1. The van der Waals surface area contributed by atoms with Gasteiger partial charge in [-0.05, 0) is 87.4 Å². The third-order valence-electron chi connectivity index (χ3n) is 11.7. The van der Waals surface area contributed by atoms with Gasteiger partial charge in [0.2, 0.25) is 0 Å².